The van der Waals surface area contributed by atoms with Gasteiger partial charge in [-0.05, 0) is 6.07 Å². The molecule has 0 atom stereocenters. The van der Waals surface area contributed by atoms with Crippen LogP contribution in [0.5, 0.6) is 0 Å². The predicted molar refractivity (Wildman–Crippen MR) is 85.3 cm³/mol. The molecule has 3 heterocycles. The first-order valence-electron chi connectivity index (χ1n) is 7.46. The molecule has 1 saturated heterocycles. The number of piperazine rings is 1. The van der Waals surface area contributed by atoms with Crippen molar-refractivity contribution in [3.05, 3.63) is 24.1 Å². The van der Waals surface area contributed by atoms with Crippen LogP contribution in [-0.4, -0.2) is 65.6 Å². The third-order valence-electron chi connectivity index (χ3n) is 3.92. The van der Waals surface area contributed by atoms with E-state index in [0.29, 0.717) is 35.2 Å². The molecule has 0 radical (unpaired) electrons. The fourth-order valence-electron chi connectivity index (χ4n) is 2.68. The summed E-state index contributed by atoms with van der Waals surface area (Å²) in [6, 6.07) is 1.59. The van der Waals surface area contributed by atoms with Crippen molar-refractivity contribution < 1.29 is 14.3 Å². The number of hydrogen-bond donors (Lipinski definition) is 2. The molecule has 1 aliphatic rings. The minimum atomic E-state index is 0.157. The first-order valence-corrected chi connectivity index (χ1v) is 7.46. The molecule has 3 rings (SSSR count). The van der Waals surface area contributed by atoms with Crippen molar-refractivity contribution in [1.29, 1.82) is 0 Å². The average molecular weight is 317 g/mol. The third kappa shape index (κ3) is 3.17. The van der Waals surface area contributed by atoms with Crippen LogP contribution in [0, 0.1) is 0 Å². The monoisotopic (exact) mass is 317 g/mol. The number of rotatable bonds is 5. The minimum Gasteiger partial charge on any atom is -0.462 e. The van der Waals surface area contributed by atoms with Crippen LogP contribution in [-0.2, 0) is 0 Å². The molecule has 1 fully saturated rings. The van der Waals surface area contributed by atoms with Crippen molar-refractivity contribution in [1.82, 2.24) is 14.9 Å². The highest BCUT2D eigenvalue weighted by atomic mass is 16.3. The molecule has 8 heteroatoms. The Kier molecular flexibility index (Phi) is 4.54. The highest BCUT2D eigenvalue weighted by Crippen LogP contribution is 2.27. The number of nitrogens with two attached hydrogens (primary N) is 1. The quantitative estimate of drug-likeness (QED) is 0.755. The summed E-state index contributed by atoms with van der Waals surface area (Å²) in [5, 5.41) is 9.00. The average Bonchev–Trinajstić information content (AvgIpc) is 3.05. The SMILES string of the molecule is Nc1ncc(-c2occc2C=O)nc1N1CCN(CCO)CC1. The van der Waals surface area contributed by atoms with Gasteiger partial charge in [0.15, 0.2) is 23.7 Å². The van der Waals surface area contributed by atoms with Crippen LogP contribution in [0.15, 0.2) is 22.9 Å². The fourth-order valence-corrected chi connectivity index (χ4v) is 2.68. The zero-order valence-electron chi connectivity index (χ0n) is 12.7. The number of aromatic nitrogens is 2. The number of anilines is 2. The Morgan fingerprint density at radius 1 is 1.35 bits per heavy atom. The number of nitrogens with zero attached hydrogens (tertiary/aromatic N) is 4. The van der Waals surface area contributed by atoms with Crippen molar-refractivity contribution in [2.24, 2.45) is 0 Å². The smallest absolute Gasteiger partial charge is 0.172 e. The Hall–Kier alpha value is -2.45. The van der Waals surface area contributed by atoms with E-state index in [1.54, 1.807) is 6.07 Å². The maximum absolute atomic E-state index is 11.0. The van der Waals surface area contributed by atoms with Gasteiger partial charge in [-0.25, -0.2) is 9.97 Å². The highest BCUT2D eigenvalue weighted by molar-refractivity contribution is 5.84. The summed E-state index contributed by atoms with van der Waals surface area (Å²) in [5.41, 5.74) is 6.89. The molecule has 3 N–H and O–H groups in total. The van der Waals surface area contributed by atoms with Gasteiger partial charge in [0.25, 0.3) is 0 Å². The van der Waals surface area contributed by atoms with Gasteiger partial charge in [-0.1, -0.05) is 0 Å². The first-order chi connectivity index (χ1) is 11.2. The van der Waals surface area contributed by atoms with E-state index in [0.717, 1.165) is 32.5 Å². The molecule has 0 amide bonds. The summed E-state index contributed by atoms with van der Waals surface area (Å²) in [4.78, 5) is 24.0. The lowest BCUT2D eigenvalue weighted by atomic mass is 10.2. The van der Waals surface area contributed by atoms with Crippen LogP contribution < -0.4 is 10.6 Å². The van der Waals surface area contributed by atoms with Crippen molar-refractivity contribution in [2.45, 2.75) is 0 Å². The Morgan fingerprint density at radius 2 is 2.13 bits per heavy atom. The van der Waals surface area contributed by atoms with Crippen LogP contribution in [0.2, 0.25) is 0 Å². The zero-order valence-corrected chi connectivity index (χ0v) is 12.7. The van der Waals surface area contributed by atoms with E-state index in [1.807, 2.05) is 0 Å². The molecule has 0 aromatic carbocycles. The largest absolute Gasteiger partial charge is 0.462 e. The standard InChI is InChI=1S/C15H19N5O3/c16-14-15(20-4-2-19(3-5-20)6-7-21)18-12(9-17-14)13-11(10-22)1-8-23-13/h1,8-10,21H,2-7H2,(H2,16,17). The normalized spacial score (nSPS) is 15.8. The van der Waals surface area contributed by atoms with E-state index in [9.17, 15) is 4.79 Å². The maximum Gasteiger partial charge on any atom is 0.172 e. The first kappa shape index (κ1) is 15.4. The zero-order chi connectivity index (χ0) is 16.2. The molecule has 122 valence electrons. The van der Waals surface area contributed by atoms with Gasteiger partial charge in [-0.3, -0.25) is 9.69 Å². The number of carbonyl (C=O) groups is 1. The lowest BCUT2D eigenvalue weighted by Crippen LogP contribution is -2.47. The molecule has 2 aromatic rings. The molecule has 0 bridgehead atoms. The number of aldehydes is 1. The molecule has 2 aromatic heterocycles. The van der Waals surface area contributed by atoms with Gasteiger partial charge in [0, 0.05) is 32.7 Å². The number of nitrogen functional groups attached to an aromatic ring is 1. The van der Waals surface area contributed by atoms with E-state index < -0.39 is 0 Å². The van der Waals surface area contributed by atoms with Gasteiger partial charge in [0.1, 0.15) is 5.69 Å². The van der Waals surface area contributed by atoms with Gasteiger partial charge in [-0.15, -0.1) is 0 Å². The van der Waals surface area contributed by atoms with Crippen LogP contribution in [0.4, 0.5) is 11.6 Å². The molecule has 23 heavy (non-hydrogen) atoms. The molecular weight excluding hydrogens is 298 g/mol. The number of hydrogen-bond acceptors (Lipinski definition) is 8. The number of aliphatic hydroxyl groups is 1. The molecule has 0 aliphatic carbocycles. The summed E-state index contributed by atoms with van der Waals surface area (Å²) >= 11 is 0. The molecule has 0 spiro atoms. The van der Waals surface area contributed by atoms with Crippen molar-refractivity contribution in [3.63, 3.8) is 0 Å². The van der Waals surface area contributed by atoms with Gasteiger partial charge < -0.3 is 20.2 Å². The Balaban J connectivity index is 1.83. The minimum absolute atomic E-state index is 0.157. The van der Waals surface area contributed by atoms with Crippen molar-refractivity contribution in [3.8, 4) is 11.5 Å². The molecule has 8 nitrogen and oxygen atoms in total. The summed E-state index contributed by atoms with van der Waals surface area (Å²) in [6.45, 7) is 3.98. The second-order valence-electron chi connectivity index (χ2n) is 5.34. The Bertz CT molecular complexity index is 680. The Labute approximate surface area is 133 Å². The van der Waals surface area contributed by atoms with E-state index in [2.05, 4.69) is 19.8 Å². The molecular formula is C15H19N5O3. The van der Waals surface area contributed by atoms with Crippen molar-refractivity contribution >= 4 is 17.9 Å². The summed E-state index contributed by atoms with van der Waals surface area (Å²) in [6.07, 6.45) is 3.68. The van der Waals surface area contributed by atoms with Gasteiger partial charge in [-0.2, -0.15) is 0 Å². The number of aliphatic hydroxyl groups excluding tert-OH is 1. The summed E-state index contributed by atoms with van der Waals surface area (Å²) < 4.78 is 5.34. The van der Waals surface area contributed by atoms with E-state index >= 15 is 0 Å². The lowest BCUT2D eigenvalue weighted by Gasteiger charge is -2.35. The number of β-amino-alcohol motifs (C(OH)–C–C–N with tert-alkyl or cyclic N) is 1. The van der Waals surface area contributed by atoms with E-state index in [1.165, 1.54) is 12.5 Å². The second-order valence-corrected chi connectivity index (χ2v) is 5.34. The fraction of sp³-hybridized carbons (Fsp3) is 0.400. The van der Waals surface area contributed by atoms with E-state index in [4.69, 9.17) is 15.3 Å². The maximum atomic E-state index is 11.0. The molecule has 0 saturated carbocycles. The third-order valence-corrected chi connectivity index (χ3v) is 3.92. The number of furan rings is 1. The van der Waals surface area contributed by atoms with Crippen LogP contribution >= 0.6 is 0 Å². The molecule has 0 unspecified atom stereocenters. The lowest BCUT2D eigenvalue weighted by molar-refractivity contribution is 0.112. The second kappa shape index (κ2) is 6.76. The predicted octanol–water partition coefficient (Wildman–Crippen LogP) is 0.246. The van der Waals surface area contributed by atoms with Crippen molar-refractivity contribution in [2.75, 3.05) is 50.0 Å². The summed E-state index contributed by atoms with van der Waals surface area (Å²) in [5.74, 6) is 1.34. The summed E-state index contributed by atoms with van der Waals surface area (Å²) in [7, 11) is 0. The van der Waals surface area contributed by atoms with Gasteiger partial charge >= 0.3 is 0 Å². The van der Waals surface area contributed by atoms with Crippen LogP contribution in [0.1, 0.15) is 10.4 Å². The molecule has 1 aliphatic heterocycles. The van der Waals surface area contributed by atoms with E-state index in [-0.39, 0.29) is 6.61 Å². The van der Waals surface area contributed by atoms with Crippen LogP contribution in [0.3, 0.4) is 0 Å². The van der Waals surface area contributed by atoms with Gasteiger partial charge in [0.05, 0.1) is 24.6 Å². The van der Waals surface area contributed by atoms with Gasteiger partial charge in [0.2, 0.25) is 0 Å². The highest BCUT2D eigenvalue weighted by Gasteiger charge is 2.21. The topological polar surface area (TPSA) is 109 Å². The van der Waals surface area contributed by atoms with Crippen LogP contribution in [0.25, 0.3) is 11.5 Å². The Morgan fingerprint density at radius 3 is 2.83 bits per heavy atom. The number of carbonyl (C=O) groups excluding carboxylic acids is 1.